The number of nitrogens with zero attached hydrogens (tertiary/aromatic N) is 2. The summed E-state index contributed by atoms with van der Waals surface area (Å²) in [7, 11) is 0. The van der Waals surface area contributed by atoms with Gasteiger partial charge in [0, 0.05) is 32.2 Å². The molecule has 0 bridgehead atoms. The Morgan fingerprint density at radius 2 is 2.00 bits per heavy atom. The highest BCUT2D eigenvalue weighted by Gasteiger charge is 2.23. The van der Waals surface area contributed by atoms with Gasteiger partial charge in [-0.05, 0) is 38.9 Å². The fourth-order valence-corrected chi connectivity index (χ4v) is 3.11. The van der Waals surface area contributed by atoms with E-state index in [1.165, 1.54) is 19.5 Å². The number of hydrogen-bond acceptors (Lipinski definition) is 4. The summed E-state index contributed by atoms with van der Waals surface area (Å²) in [5.41, 5.74) is 0. The van der Waals surface area contributed by atoms with Crippen LogP contribution in [-0.2, 0) is 4.74 Å². The first-order valence-corrected chi connectivity index (χ1v) is 7.97. The minimum Gasteiger partial charge on any atom is -0.374 e. The summed E-state index contributed by atoms with van der Waals surface area (Å²) >= 11 is 0. The smallest absolute Gasteiger partial charge is 0.0829 e. The molecule has 19 heavy (non-hydrogen) atoms. The molecular formula is C15H31N3O. The Kier molecular flexibility index (Phi) is 6.07. The monoisotopic (exact) mass is 269 g/mol. The summed E-state index contributed by atoms with van der Waals surface area (Å²) in [6.45, 7) is 15.8. The van der Waals surface area contributed by atoms with Gasteiger partial charge in [-0.2, -0.15) is 0 Å². The summed E-state index contributed by atoms with van der Waals surface area (Å²) in [5, 5.41) is 3.61. The average molecular weight is 269 g/mol. The van der Waals surface area contributed by atoms with Crippen LogP contribution < -0.4 is 5.32 Å². The molecule has 2 rings (SSSR count). The van der Waals surface area contributed by atoms with Crippen LogP contribution in [0.4, 0.5) is 0 Å². The summed E-state index contributed by atoms with van der Waals surface area (Å²) in [4.78, 5) is 5.12. The molecule has 0 radical (unpaired) electrons. The maximum absolute atomic E-state index is 5.95. The maximum atomic E-state index is 5.95. The van der Waals surface area contributed by atoms with Crippen LogP contribution in [-0.4, -0.2) is 74.4 Å². The van der Waals surface area contributed by atoms with Crippen molar-refractivity contribution < 1.29 is 4.74 Å². The normalized spacial score (nSPS) is 35.8. The van der Waals surface area contributed by atoms with Gasteiger partial charge in [0.2, 0.25) is 0 Å². The molecular weight excluding hydrogens is 238 g/mol. The van der Waals surface area contributed by atoms with Crippen molar-refractivity contribution in [2.24, 2.45) is 5.92 Å². The Balaban J connectivity index is 1.82. The molecule has 4 heteroatoms. The van der Waals surface area contributed by atoms with E-state index in [1.807, 2.05) is 0 Å². The van der Waals surface area contributed by atoms with E-state index in [0.717, 1.165) is 45.2 Å². The molecule has 0 aromatic heterocycles. The van der Waals surface area contributed by atoms with Crippen molar-refractivity contribution in [3.63, 3.8) is 0 Å². The molecule has 0 spiro atoms. The second kappa shape index (κ2) is 7.58. The van der Waals surface area contributed by atoms with E-state index in [9.17, 15) is 0 Å². The fraction of sp³-hybridized carbons (Fsp3) is 1.00. The van der Waals surface area contributed by atoms with Crippen molar-refractivity contribution in [2.75, 3.05) is 52.4 Å². The third kappa shape index (κ3) is 5.03. The Morgan fingerprint density at radius 1 is 1.16 bits per heavy atom. The highest BCUT2D eigenvalue weighted by atomic mass is 16.5. The first-order valence-electron chi connectivity index (χ1n) is 7.97. The second-order valence-electron chi connectivity index (χ2n) is 6.35. The van der Waals surface area contributed by atoms with Crippen molar-refractivity contribution in [1.82, 2.24) is 15.1 Å². The van der Waals surface area contributed by atoms with Crippen LogP contribution in [0.15, 0.2) is 0 Å². The Hall–Kier alpha value is -0.160. The van der Waals surface area contributed by atoms with E-state index < -0.39 is 0 Å². The lowest BCUT2D eigenvalue weighted by atomic mass is 10.1. The number of ether oxygens (including phenoxy) is 1. The third-order valence-corrected chi connectivity index (χ3v) is 4.39. The van der Waals surface area contributed by atoms with Gasteiger partial charge in [0.05, 0.1) is 12.7 Å². The topological polar surface area (TPSA) is 27.7 Å². The predicted octanol–water partition coefficient (Wildman–Crippen LogP) is 1.03. The minimum atomic E-state index is 0.406. The van der Waals surface area contributed by atoms with Gasteiger partial charge in [0.15, 0.2) is 0 Å². The lowest BCUT2D eigenvalue weighted by Crippen LogP contribution is -2.50. The summed E-state index contributed by atoms with van der Waals surface area (Å²) < 4.78 is 5.95. The van der Waals surface area contributed by atoms with Crippen LogP contribution in [0.3, 0.4) is 0 Å². The lowest BCUT2D eigenvalue weighted by molar-refractivity contribution is -0.0441. The first-order chi connectivity index (χ1) is 9.17. The van der Waals surface area contributed by atoms with Gasteiger partial charge < -0.3 is 15.0 Å². The maximum Gasteiger partial charge on any atom is 0.0829 e. The Bertz CT molecular complexity index is 262. The molecule has 2 heterocycles. The van der Waals surface area contributed by atoms with Crippen LogP contribution in [0.2, 0.25) is 0 Å². The molecule has 2 aliphatic heterocycles. The minimum absolute atomic E-state index is 0.406. The highest BCUT2D eigenvalue weighted by Crippen LogP contribution is 2.11. The van der Waals surface area contributed by atoms with Gasteiger partial charge >= 0.3 is 0 Å². The summed E-state index contributed by atoms with van der Waals surface area (Å²) in [6.07, 6.45) is 1.65. The quantitative estimate of drug-likeness (QED) is 0.828. The van der Waals surface area contributed by atoms with Gasteiger partial charge in [-0.15, -0.1) is 0 Å². The Morgan fingerprint density at radius 3 is 2.79 bits per heavy atom. The standard InChI is InChI=1S/C15H31N3O/c1-4-17-7-8-19-15(11-17)12-18-6-5-14(3)16-9-13(2)10-18/h13-16H,4-12H2,1-3H3. The van der Waals surface area contributed by atoms with Gasteiger partial charge in [-0.25, -0.2) is 0 Å². The van der Waals surface area contributed by atoms with Crippen LogP contribution >= 0.6 is 0 Å². The molecule has 2 fully saturated rings. The molecule has 112 valence electrons. The van der Waals surface area contributed by atoms with Crippen LogP contribution in [0.5, 0.6) is 0 Å². The van der Waals surface area contributed by atoms with Crippen LogP contribution in [0, 0.1) is 5.92 Å². The van der Waals surface area contributed by atoms with Crippen LogP contribution in [0.25, 0.3) is 0 Å². The largest absolute Gasteiger partial charge is 0.374 e. The first kappa shape index (κ1) is 15.2. The van der Waals surface area contributed by atoms with Crippen molar-refractivity contribution in [2.45, 2.75) is 39.3 Å². The predicted molar refractivity (Wildman–Crippen MR) is 79.5 cm³/mol. The molecule has 0 aromatic rings. The van der Waals surface area contributed by atoms with Crippen molar-refractivity contribution in [3.05, 3.63) is 0 Å². The highest BCUT2D eigenvalue weighted by molar-refractivity contribution is 4.78. The molecule has 0 aliphatic carbocycles. The summed E-state index contributed by atoms with van der Waals surface area (Å²) in [5.74, 6) is 0.730. The molecule has 2 aliphatic rings. The molecule has 1 N–H and O–H groups in total. The average Bonchev–Trinajstić information content (AvgIpc) is 2.41. The number of nitrogens with one attached hydrogen (secondary N) is 1. The number of hydrogen-bond donors (Lipinski definition) is 1. The molecule has 0 saturated carbocycles. The molecule has 0 amide bonds. The third-order valence-electron chi connectivity index (χ3n) is 4.39. The lowest BCUT2D eigenvalue weighted by Gasteiger charge is -2.37. The van der Waals surface area contributed by atoms with Gasteiger partial charge in [-0.1, -0.05) is 13.8 Å². The van der Waals surface area contributed by atoms with Crippen molar-refractivity contribution in [3.8, 4) is 0 Å². The molecule has 3 unspecified atom stereocenters. The molecule has 0 aromatic carbocycles. The van der Waals surface area contributed by atoms with E-state index in [4.69, 9.17) is 4.74 Å². The number of morpholine rings is 1. The summed E-state index contributed by atoms with van der Waals surface area (Å²) in [6, 6.07) is 0.643. The molecule has 4 nitrogen and oxygen atoms in total. The van der Waals surface area contributed by atoms with E-state index in [0.29, 0.717) is 12.1 Å². The number of likely N-dealkylation sites (N-methyl/N-ethyl adjacent to an activating group) is 1. The van der Waals surface area contributed by atoms with E-state index >= 15 is 0 Å². The van der Waals surface area contributed by atoms with E-state index in [-0.39, 0.29) is 0 Å². The zero-order chi connectivity index (χ0) is 13.7. The number of rotatable bonds is 3. The van der Waals surface area contributed by atoms with Crippen molar-refractivity contribution >= 4 is 0 Å². The fourth-order valence-electron chi connectivity index (χ4n) is 3.11. The molecule has 3 atom stereocenters. The zero-order valence-corrected chi connectivity index (χ0v) is 12.9. The van der Waals surface area contributed by atoms with Gasteiger partial charge in [-0.3, -0.25) is 4.90 Å². The molecule has 2 saturated heterocycles. The Labute approximate surface area is 118 Å². The van der Waals surface area contributed by atoms with Gasteiger partial charge in [0.1, 0.15) is 0 Å². The van der Waals surface area contributed by atoms with E-state index in [2.05, 4.69) is 35.9 Å². The SMILES string of the molecule is CCN1CCOC(CN2CCC(C)NCC(C)C2)C1. The van der Waals surface area contributed by atoms with Crippen molar-refractivity contribution in [1.29, 1.82) is 0 Å². The second-order valence-corrected chi connectivity index (χ2v) is 6.35. The van der Waals surface area contributed by atoms with Gasteiger partial charge in [0.25, 0.3) is 0 Å². The zero-order valence-electron chi connectivity index (χ0n) is 12.9. The van der Waals surface area contributed by atoms with Crippen LogP contribution in [0.1, 0.15) is 27.2 Å². The van der Waals surface area contributed by atoms with E-state index in [1.54, 1.807) is 0 Å².